The summed E-state index contributed by atoms with van der Waals surface area (Å²) >= 11 is 5.85. The van der Waals surface area contributed by atoms with Gasteiger partial charge in [-0.25, -0.2) is 18.7 Å². The number of ketones is 1. The highest BCUT2D eigenvalue weighted by Crippen LogP contribution is 2.32. The van der Waals surface area contributed by atoms with Crippen LogP contribution in [0, 0.1) is 24.7 Å². The number of carbonyl (C=O) groups is 2. The molecule has 1 aliphatic carbocycles. The van der Waals surface area contributed by atoms with Gasteiger partial charge >= 0.3 is 0 Å². The molecule has 12 heteroatoms. The maximum Gasteiger partial charge on any atom is 0.238 e. The number of nitrogens with zero attached hydrogens (tertiary/aromatic N) is 2. The normalized spacial score (nSPS) is 17.5. The molecule has 1 amide bonds. The molecule has 236 valence electrons. The zero-order chi connectivity index (χ0) is 32.1. The molecule has 1 aromatic heterocycles. The first-order chi connectivity index (χ1) is 21.5. The van der Waals surface area contributed by atoms with Gasteiger partial charge in [0.25, 0.3) is 0 Å². The van der Waals surface area contributed by atoms with E-state index in [1.165, 1.54) is 6.07 Å². The Morgan fingerprint density at radius 2 is 1.67 bits per heavy atom. The average molecular weight is 649 g/mol. The van der Waals surface area contributed by atoms with Crippen LogP contribution in [0.1, 0.15) is 43.2 Å². The minimum Gasteiger partial charge on any atom is -0.330 e. The van der Waals surface area contributed by atoms with Crippen LogP contribution < -0.4 is 16.2 Å². The Bertz CT molecular complexity index is 1770. The second kappa shape index (κ2) is 14.0. The van der Waals surface area contributed by atoms with Crippen LogP contribution in [0.15, 0.2) is 71.6 Å². The van der Waals surface area contributed by atoms with E-state index in [0.717, 1.165) is 53.5 Å². The van der Waals surface area contributed by atoms with E-state index in [9.17, 15) is 18.0 Å². The second-order valence-electron chi connectivity index (χ2n) is 11.8. The van der Waals surface area contributed by atoms with Gasteiger partial charge in [0.1, 0.15) is 5.78 Å². The topological polar surface area (TPSA) is 174 Å². The van der Waals surface area contributed by atoms with Crippen LogP contribution in [0.25, 0.3) is 22.5 Å². The van der Waals surface area contributed by atoms with Crippen molar-refractivity contribution in [1.82, 2.24) is 15.2 Å². The molecular weight excluding hydrogens is 612 g/mol. The number of carbonyl (C=O) groups excluding carboxylic acids is 2. The Labute approximate surface area is 268 Å². The van der Waals surface area contributed by atoms with Gasteiger partial charge in [-0.05, 0) is 122 Å². The number of aromatic amines is 1. The van der Waals surface area contributed by atoms with E-state index in [-0.39, 0.29) is 34.2 Å². The third kappa shape index (κ3) is 8.23. The standard InChI is InChI=1S/C33H37ClN6O4S/c1-20-16-28(45(36,43)44)14-15-29(20)23-6-2-21(3-7-23)17-26(18-30(41)24-8-4-22(19-35)5-9-24)32(42)37-27-12-10-25(11-13-27)31-38-33(34)40-39-31/h2-3,6-7,10-16,22,24,26H,4-5,8-9,17-19,35H2,1H3,(H,37,42)(H2,36,43,44)(H,38,39,40)/t22?,24?,26-/m1/s1. The number of sulfonamides is 1. The Morgan fingerprint density at radius 1 is 1.00 bits per heavy atom. The lowest BCUT2D eigenvalue weighted by Crippen LogP contribution is -2.31. The molecule has 4 aromatic rings. The minimum atomic E-state index is -3.79. The average Bonchev–Trinajstić information content (AvgIpc) is 3.47. The number of H-pyrrole nitrogens is 1. The number of anilines is 1. The first-order valence-corrected chi connectivity index (χ1v) is 16.9. The van der Waals surface area contributed by atoms with Crippen LogP contribution in [0.3, 0.4) is 0 Å². The van der Waals surface area contributed by atoms with Gasteiger partial charge in [-0.15, -0.1) is 0 Å². The van der Waals surface area contributed by atoms with Gasteiger partial charge in [0, 0.05) is 29.5 Å². The molecule has 1 fully saturated rings. The van der Waals surface area contributed by atoms with Gasteiger partial charge < -0.3 is 11.1 Å². The molecule has 6 N–H and O–H groups in total. The summed E-state index contributed by atoms with van der Waals surface area (Å²) in [6.07, 6.45) is 4.01. The molecule has 1 heterocycles. The predicted octanol–water partition coefficient (Wildman–Crippen LogP) is 5.27. The number of primary sulfonamides is 1. The summed E-state index contributed by atoms with van der Waals surface area (Å²) < 4.78 is 23.5. The summed E-state index contributed by atoms with van der Waals surface area (Å²) in [7, 11) is -3.79. The van der Waals surface area contributed by atoms with E-state index in [1.807, 2.05) is 31.2 Å². The molecule has 0 saturated heterocycles. The van der Waals surface area contributed by atoms with Crippen molar-refractivity contribution < 1.29 is 18.0 Å². The number of nitrogens with two attached hydrogens (primary N) is 2. The number of nitrogens with one attached hydrogen (secondary N) is 2. The summed E-state index contributed by atoms with van der Waals surface area (Å²) in [5.74, 6) is 0.168. The van der Waals surface area contributed by atoms with Crippen LogP contribution in [0.5, 0.6) is 0 Å². The fourth-order valence-electron chi connectivity index (χ4n) is 5.95. The number of Topliss-reactive ketones (excluding diaryl/α,β-unsaturated/α-hetero) is 1. The molecule has 1 aliphatic rings. The molecule has 5 rings (SSSR count). The number of halogens is 1. The summed E-state index contributed by atoms with van der Waals surface area (Å²) in [5.41, 5.74) is 10.7. The molecule has 0 radical (unpaired) electrons. The fraction of sp³-hybridized carbons (Fsp3) is 0.333. The van der Waals surface area contributed by atoms with E-state index < -0.39 is 15.9 Å². The number of hydrogen-bond donors (Lipinski definition) is 4. The SMILES string of the molecule is Cc1cc(S(N)(=O)=O)ccc1-c1ccc(C[C@H](CC(=O)C2CCC(CN)CC2)C(=O)Nc2ccc(-c3n[nH]c(Cl)n3)cc2)cc1. The van der Waals surface area contributed by atoms with Crippen molar-refractivity contribution in [1.29, 1.82) is 0 Å². The van der Waals surface area contributed by atoms with Crippen LogP contribution >= 0.6 is 11.6 Å². The Kier molecular flexibility index (Phi) is 10.1. The van der Waals surface area contributed by atoms with E-state index in [4.69, 9.17) is 22.5 Å². The fourth-order valence-corrected chi connectivity index (χ4v) is 6.67. The highest BCUT2D eigenvalue weighted by atomic mass is 35.5. The van der Waals surface area contributed by atoms with E-state index in [1.54, 1.807) is 36.4 Å². The lowest BCUT2D eigenvalue weighted by molar-refractivity contribution is -0.129. The summed E-state index contributed by atoms with van der Waals surface area (Å²) in [4.78, 5) is 31.3. The van der Waals surface area contributed by atoms with Crippen molar-refractivity contribution in [3.63, 3.8) is 0 Å². The van der Waals surface area contributed by atoms with Crippen molar-refractivity contribution in [2.24, 2.45) is 28.6 Å². The van der Waals surface area contributed by atoms with Crippen molar-refractivity contribution in [3.05, 3.63) is 83.1 Å². The Hall–Kier alpha value is -3.90. The third-order valence-electron chi connectivity index (χ3n) is 8.60. The van der Waals surface area contributed by atoms with Gasteiger partial charge in [0.2, 0.25) is 21.2 Å². The number of aryl methyl sites for hydroxylation is 1. The molecule has 0 bridgehead atoms. The van der Waals surface area contributed by atoms with Crippen LogP contribution in [-0.4, -0.2) is 41.8 Å². The van der Waals surface area contributed by atoms with Gasteiger partial charge in [-0.1, -0.05) is 30.3 Å². The molecule has 0 aliphatic heterocycles. The van der Waals surface area contributed by atoms with Gasteiger partial charge in [-0.3, -0.25) is 9.59 Å². The van der Waals surface area contributed by atoms with Crippen molar-refractivity contribution in [3.8, 4) is 22.5 Å². The Morgan fingerprint density at radius 3 is 2.24 bits per heavy atom. The van der Waals surface area contributed by atoms with E-state index >= 15 is 0 Å². The van der Waals surface area contributed by atoms with Gasteiger partial charge in [-0.2, -0.15) is 10.1 Å². The highest BCUT2D eigenvalue weighted by Gasteiger charge is 2.30. The van der Waals surface area contributed by atoms with E-state index in [0.29, 0.717) is 30.4 Å². The number of hydrogen-bond acceptors (Lipinski definition) is 7. The molecular formula is C33H37ClN6O4S. The lowest BCUT2D eigenvalue weighted by Gasteiger charge is -2.27. The first kappa shape index (κ1) is 32.5. The molecule has 10 nitrogen and oxygen atoms in total. The molecule has 3 aromatic carbocycles. The Balaban J connectivity index is 1.32. The van der Waals surface area contributed by atoms with Crippen LogP contribution in [0.4, 0.5) is 5.69 Å². The monoisotopic (exact) mass is 648 g/mol. The summed E-state index contributed by atoms with van der Waals surface area (Å²) in [6.45, 7) is 2.47. The maximum atomic E-state index is 13.7. The van der Waals surface area contributed by atoms with Crippen LogP contribution in [0.2, 0.25) is 5.28 Å². The highest BCUT2D eigenvalue weighted by molar-refractivity contribution is 7.89. The van der Waals surface area contributed by atoms with Crippen molar-refractivity contribution in [2.75, 3.05) is 11.9 Å². The molecule has 1 atom stereocenters. The number of rotatable bonds is 11. The van der Waals surface area contributed by atoms with E-state index in [2.05, 4.69) is 20.5 Å². The number of benzene rings is 3. The predicted molar refractivity (Wildman–Crippen MR) is 175 cm³/mol. The summed E-state index contributed by atoms with van der Waals surface area (Å²) in [6, 6.07) is 19.7. The largest absolute Gasteiger partial charge is 0.330 e. The van der Waals surface area contributed by atoms with Gasteiger partial charge in [0.05, 0.1) is 4.90 Å². The molecule has 0 unspecified atom stereocenters. The van der Waals surface area contributed by atoms with Crippen LogP contribution in [-0.2, 0) is 26.0 Å². The summed E-state index contributed by atoms with van der Waals surface area (Å²) in [5, 5.41) is 15.1. The zero-order valence-corrected chi connectivity index (χ0v) is 26.6. The third-order valence-corrected chi connectivity index (χ3v) is 9.68. The van der Waals surface area contributed by atoms with Gasteiger partial charge in [0.15, 0.2) is 5.82 Å². The molecule has 1 saturated carbocycles. The molecule has 45 heavy (non-hydrogen) atoms. The minimum absolute atomic E-state index is 0.0544. The zero-order valence-electron chi connectivity index (χ0n) is 25.0. The lowest BCUT2D eigenvalue weighted by atomic mass is 9.77. The second-order valence-corrected chi connectivity index (χ2v) is 13.7. The maximum absolute atomic E-state index is 13.7. The van der Waals surface area contributed by atoms with Crippen molar-refractivity contribution in [2.45, 2.75) is 50.3 Å². The molecule has 0 spiro atoms. The number of aromatic nitrogens is 3. The first-order valence-electron chi connectivity index (χ1n) is 14.9. The van der Waals surface area contributed by atoms with Crippen molar-refractivity contribution >= 4 is 39.0 Å². The number of amides is 1. The quantitative estimate of drug-likeness (QED) is 0.171. The smallest absolute Gasteiger partial charge is 0.238 e.